The van der Waals surface area contributed by atoms with Crippen molar-refractivity contribution in [3.8, 4) is 5.75 Å². The summed E-state index contributed by atoms with van der Waals surface area (Å²) in [5, 5.41) is 9.54. The molecule has 24 heavy (non-hydrogen) atoms. The molecule has 1 N–H and O–H groups in total. The molecular weight excluding hydrogens is 352 g/mol. The van der Waals surface area contributed by atoms with Crippen molar-refractivity contribution in [1.82, 2.24) is 4.90 Å². The topological polar surface area (TPSA) is 77.5 Å². The number of rotatable bonds is 11. The first-order chi connectivity index (χ1) is 11.4. The lowest BCUT2D eigenvalue weighted by Gasteiger charge is -2.36. The SMILES string of the molecule is CCCN(CP(=O)(OC)OC)C(c1ccc(O)cc1)P(OC)OC. The second-order valence-corrected chi connectivity index (χ2v) is 9.07. The number of hydrogen-bond donors (Lipinski definition) is 1. The van der Waals surface area contributed by atoms with Crippen molar-refractivity contribution in [3.05, 3.63) is 29.8 Å². The standard InChI is InChI=1S/C15H27NO6P2/c1-6-11-16(12-24(18,21-4)22-5)15(23(19-2)20-3)13-7-9-14(17)10-8-13/h7-10,15,17H,6,11-12H2,1-5H3. The van der Waals surface area contributed by atoms with Crippen LogP contribution in [0.5, 0.6) is 5.75 Å². The zero-order valence-electron chi connectivity index (χ0n) is 14.8. The van der Waals surface area contributed by atoms with E-state index in [0.717, 1.165) is 12.0 Å². The van der Waals surface area contributed by atoms with Crippen LogP contribution in [0.3, 0.4) is 0 Å². The summed E-state index contributed by atoms with van der Waals surface area (Å²) in [7, 11) is 1.37. The highest BCUT2D eigenvalue weighted by atomic mass is 31.2. The monoisotopic (exact) mass is 379 g/mol. The Balaban J connectivity index is 3.24. The molecule has 0 heterocycles. The van der Waals surface area contributed by atoms with E-state index in [2.05, 4.69) is 0 Å². The van der Waals surface area contributed by atoms with E-state index in [0.29, 0.717) is 6.54 Å². The maximum atomic E-state index is 12.6. The lowest BCUT2D eigenvalue weighted by molar-refractivity contribution is 0.208. The van der Waals surface area contributed by atoms with Gasteiger partial charge in [-0.1, -0.05) is 19.1 Å². The molecule has 0 aliphatic heterocycles. The first kappa shape index (κ1) is 21.5. The van der Waals surface area contributed by atoms with E-state index in [1.807, 2.05) is 11.8 Å². The van der Waals surface area contributed by atoms with Crippen LogP contribution in [0.1, 0.15) is 24.7 Å². The van der Waals surface area contributed by atoms with Crippen LogP contribution in [-0.2, 0) is 22.7 Å². The van der Waals surface area contributed by atoms with Crippen LogP contribution in [0, 0.1) is 0 Å². The Morgan fingerprint density at radius 2 is 1.67 bits per heavy atom. The molecule has 0 spiro atoms. The third kappa shape index (κ3) is 5.78. The molecule has 0 saturated heterocycles. The first-order valence-corrected chi connectivity index (χ1v) is 10.5. The number of nitrogens with zero attached hydrogens (tertiary/aromatic N) is 1. The Morgan fingerprint density at radius 1 is 1.12 bits per heavy atom. The van der Waals surface area contributed by atoms with Gasteiger partial charge >= 0.3 is 7.60 Å². The third-order valence-corrected chi connectivity index (χ3v) is 7.08. The van der Waals surface area contributed by atoms with Gasteiger partial charge in [0.25, 0.3) is 0 Å². The van der Waals surface area contributed by atoms with Crippen molar-refractivity contribution < 1.29 is 27.8 Å². The van der Waals surface area contributed by atoms with Crippen molar-refractivity contribution >= 4 is 16.0 Å². The quantitative estimate of drug-likeness (QED) is 0.579. The predicted octanol–water partition coefficient (Wildman–Crippen LogP) is 4.15. The van der Waals surface area contributed by atoms with Crippen LogP contribution < -0.4 is 0 Å². The van der Waals surface area contributed by atoms with Crippen molar-refractivity contribution in [2.45, 2.75) is 19.1 Å². The van der Waals surface area contributed by atoms with E-state index < -0.39 is 16.0 Å². The van der Waals surface area contributed by atoms with Crippen molar-refractivity contribution in [2.24, 2.45) is 0 Å². The molecule has 1 aromatic carbocycles. The minimum Gasteiger partial charge on any atom is -0.508 e. The third-order valence-electron chi connectivity index (χ3n) is 3.52. The summed E-state index contributed by atoms with van der Waals surface area (Å²) in [5.74, 6) is -0.0904. The molecule has 7 nitrogen and oxygen atoms in total. The Labute approximate surface area is 145 Å². The van der Waals surface area contributed by atoms with Gasteiger partial charge in [0.15, 0.2) is 8.38 Å². The highest BCUT2D eigenvalue weighted by molar-refractivity contribution is 7.53. The van der Waals surface area contributed by atoms with Gasteiger partial charge in [0.05, 0.1) is 0 Å². The highest BCUT2D eigenvalue weighted by Gasteiger charge is 2.35. The fourth-order valence-electron chi connectivity index (χ4n) is 2.36. The molecule has 0 saturated carbocycles. The molecule has 9 heteroatoms. The molecule has 0 fully saturated rings. The maximum absolute atomic E-state index is 12.6. The van der Waals surface area contributed by atoms with Crippen molar-refractivity contribution in [3.63, 3.8) is 0 Å². The second-order valence-electron chi connectivity index (χ2n) is 5.05. The average Bonchev–Trinajstić information content (AvgIpc) is 2.60. The molecule has 1 aromatic rings. The fourth-order valence-corrected chi connectivity index (χ4v) is 5.04. The molecule has 0 radical (unpaired) electrons. The first-order valence-electron chi connectivity index (χ1n) is 7.55. The minimum atomic E-state index is -3.24. The number of hydrogen-bond acceptors (Lipinski definition) is 7. The van der Waals surface area contributed by atoms with E-state index in [-0.39, 0.29) is 17.8 Å². The molecule has 0 amide bonds. The molecule has 0 aromatic heterocycles. The Hall–Kier alpha value is -0.520. The summed E-state index contributed by atoms with van der Waals surface area (Å²) in [6, 6.07) is 6.83. The summed E-state index contributed by atoms with van der Waals surface area (Å²) in [6.45, 7) is 2.70. The average molecular weight is 379 g/mol. The van der Waals surface area contributed by atoms with E-state index >= 15 is 0 Å². The number of phenols is 1. The predicted molar refractivity (Wildman–Crippen MR) is 95.3 cm³/mol. The molecule has 138 valence electrons. The smallest absolute Gasteiger partial charge is 0.344 e. The summed E-state index contributed by atoms with van der Waals surface area (Å²) in [5.41, 5.74) is 0.898. The number of aromatic hydroxyl groups is 1. The van der Waals surface area contributed by atoms with E-state index in [4.69, 9.17) is 18.1 Å². The Bertz CT molecular complexity index is 515. The molecular formula is C15H27NO6P2. The van der Waals surface area contributed by atoms with Crippen molar-refractivity contribution in [2.75, 3.05) is 41.3 Å². The number of phenolic OH excluding ortho intramolecular Hbond substituents is 1. The van der Waals surface area contributed by atoms with Crippen molar-refractivity contribution in [1.29, 1.82) is 0 Å². The lowest BCUT2D eigenvalue weighted by atomic mass is 10.2. The molecule has 1 unspecified atom stereocenters. The van der Waals surface area contributed by atoms with Crippen LogP contribution in [0.15, 0.2) is 24.3 Å². The highest BCUT2D eigenvalue weighted by Crippen LogP contribution is 2.57. The van der Waals surface area contributed by atoms with Gasteiger partial charge in [0.2, 0.25) is 0 Å². The summed E-state index contributed by atoms with van der Waals surface area (Å²) < 4.78 is 33.9. The summed E-state index contributed by atoms with van der Waals surface area (Å²) >= 11 is 0. The molecule has 1 rings (SSSR count). The van der Waals surface area contributed by atoms with Gasteiger partial charge in [-0.2, -0.15) is 0 Å². The normalized spacial score (nSPS) is 13.6. The van der Waals surface area contributed by atoms with Crippen LogP contribution >= 0.6 is 16.0 Å². The minimum absolute atomic E-state index is 0.116. The zero-order chi connectivity index (χ0) is 18.2. The Kier molecular flexibility index (Phi) is 9.39. The largest absolute Gasteiger partial charge is 0.508 e. The molecule has 0 aliphatic carbocycles. The molecule has 1 atom stereocenters. The van der Waals surface area contributed by atoms with Crippen LogP contribution in [0.25, 0.3) is 0 Å². The van der Waals surface area contributed by atoms with Gasteiger partial charge in [-0.05, 0) is 30.7 Å². The summed E-state index contributed by atoms with van der Waals surface area (Å²) in [4.78, 5) is 1.98. The van der Waals surface area contributed by atoms with Gasteiger partial charge in [0.1, 0.15) is 17.8 Å². The van der Waals surface area contributed by atoms with E-state index in [9.17, 15) is 9.67 Å². The summed E-state index contributed by atoms with van der Waals surface area (Å²) in [6.07, 6.45) is 0.962. The number of benzene rings is 1. The second kappa shape index (κ2) is 10.5. The fraction of sp³-hybridized carbons (Fsp3) is 0.600. The van der Waals surface area contributed by atoms with E-state index in [1.165, 1.54) is 14.2 Å². The van der Waals surface area contributed by atoms with Gasteiger partial charge in [-0.3, -0.25) is 9.46 Å². The Morgan fingerprint density at radius 3 is 2.08 bits per heavy atom. The van der Waals surface area contributed by atoms with Gasteiger partial charge in [0, 0.05) is 28.4 Å². The van der Waals surface area contributed by atoms with Gasteiger partial charge < -0.3 is 23.2 Å². The maximum Gasteiger partial charge on any atom is 0.344 e. The zero-order valence-corrected chi connectivity index (χ0v) is 16.6. The van der Waals surface area contributed by atoms with E-state index in [1.54, 1.807) is 38.5 Å². The van der Waals surface area contributed by atoms with Crippen LogP contribution in [-0.4, -0.2) is 51.3 Å². The molecule has 0 aliphatic rings. The molecule has 0 bridgehead atoms. The van der Waals surface area contributed by atoms with Gasteiger partial charge in [-0.15, -0.1) is 0 Å². The van der Waals surface area contributed by atoms with Crippen LogP contribution in [0.2, 0.25) is 0 Å². The van der Waals surface area contributed by atoms with Gasteiger partial charge in [-0.25, -0.2) is 0 Å². The lowest BCUT2D eigenvalue weighted by Crippen LogP contribution is -2.31. The van der Waals surface area contributed by atoms with Crippen LogP contribution in [0.4, 0.5) is 0 Å².